The standard InChI is InChI=1S/C54H36N2S/c1-3-18-37(19-4-1)38-20-15-21-39(36-38)41-24-7-11-30-47(41)56(48-31-12-8-25-42(48)44-28-16-29-45-43-26-10-14-35-52(43)57-54(44)45)51-34-17-33-50-53(51)46-27-9-13-32-49(46)55(50)40-22-5-2-6-23-40/h1-36H. The van der Waals surface area contributed by atoms with Gasteiger partial charge in [-0.2, -0.15) is 0 Å². The Morgan fingerprint density at radius 2 is 0.895 bits per heavy atom. The van der Waals surface area contributed by atoms with Gasteiger partial charge in [-0.15, -0.1) is 11.3 Å². The number of anilines is 3. The lowest BCUT2D eigenvalue weighted by Gasteiger charge is -2.31. The molecule has 2 nitrogen and oxygen atoms in total. The molecule has 0 fully saturated rings. The van der Waals surface area contributed by atoms with Crippen LogP contribution in [0.5, 0.6) is 0 Å². The van der Waals surface area contributed by atoms with Crippen LogP contribution in [-0.2, 0) is 0 Å². The van der Waals surface area contributed by atoms with E-state index in [1.165, 1.54) is 64.3 Å². The molecule has 0 aliphatic rings. The summed E-state index contributed by atoms with van der Waals surface area (Å²) in [6.45, 7) is 0. The van der Waals surface area contributed by atoms with Crippen LogP contribution in [0.3, 0.4) is 0 Å². The van der Waals surface area contributed by atoms with Crippen molar-refractivity contribution in [3.05, 3.63) is 218 Å². The van der Waals surface area contributed by atoms with Gasteiger partial charge in [-0.3, -0.25) is 0 Å². The first-order chi connectivity index (χ1) is 28.3. The van der Waals surface area contributed by atoms with Crippen molar-refractivity contribution in [1.29, 1.82) is 0 Å². The molecule has 57 heavy (non-hydrogen) atoms. The second kappa shape index (κ2) is 13.8. The van der Waals surface area contributed by atoms with Gasteiger partial charge in [0.1, 0.15) is 0 Å². The molecule has 0 spiro atoms. The topological polar surface area (TPSA) is 8.17 Å². The van der Waals surface area contributed by atoms with Crippen molar-refractivity contribution in [2.45, 2.75) is 0 Å². The minimum atomic E-state index is 1.11. The highest BCUT2D eigenvalue weighted by atomic mass is 32.1. The van der Waals surface area contributed by atoms with Gasteiger partial charge >= 0.3 is 0 Å². The second-order valence-electron chi connectivity index (χ2n) is 14.5. The number of hydrogen-bond acceptors (Lipinski definition) is 2. The van der Waals surface area contributed by atoms with Crippen molar-refractivity contribution in [1.82, 2.24) is 4.57 Å². The fraction of sp³-hybridized carbons (Fsp3) is 0. The van der Waals surface area contributed by atoms with Crippen molar-refractivity contribution in [2.75, 3.05) is 4.90 Å². The molecule has 0 aliphatic heterocycles. The highest BCUT2D eigenvalue weighted by molar-refractivity contribution is 7.26. The Kier molecular flexibility index (Phi) is 8.04. The summed E-state index contributed by atoms with van der Waals surface area (Å²) in [5, 5.41) is 5.01. The van der Waals surface area contributed by atoms with Gasteiger partial charge < -0.3 is 9.47 Å². The average Bonchev–Trinajstić information content (AvgIpc) is 3.84. The molecule has 0 N–H and O–H groups in total. The lowest BCUT2D eigenvalue weighted by atomic mass is 9.95. The molecule has 0 unspecified atom stereocenters. The van der Waals surface area contributed by atoms with Gasteiger partial charge in [-0.25, -0.2) is 0 Å². The highest BCUT2D eigenvalue weighted by Gasteiger charge is 2.25. The molecule has 2 aromatic heterocycles. The fourth-order valence-electron chi connectivity index (χ4n) is 8.70. The van der Waals surface area contributed by atoms with Crippen LogP contribution in [0.1, 0.15) is 0 Å². The molecular formula is C54H36N2S. The lowest BCUT2D eigenvalue weighted by molar-refractivity contribution is 1.18. The van der Waals surface area contributed by atoms with E-state index in [9.17, 15) is 0 Å². The van der Waals surface area contributed by atoms with Crippen molar-refractivity contribution in [3.8, 4) is 39.1 Å². The van der Waals surface area contributed by atoms with Crippen LogP contribution in [0.25, 0.3) is 81.0 Å². The third kappa shape index (κ3) is 5.55. The molecule has 11 aromatic rings. The molecule has 11 rings (SSSR count). The van der Waals surface area contributed by atoms with Crippen LogP contribution < -0.4 is 4.90 Å². The first-order valence-corrected chi connectivity index (χ1v) is 20.3. The van der Waals surface area contributed by atoms with Crippen LogP contribution in [0.2, 0.25) is 0 Å². The van der Waals surface area contributed by atoms with Gasteiger partial charge in [0.15, 0.2) is 0 Å². The van der Waals surface area contributed by atoms with E-state index in [1.807, 2.05) is 11.3 Å². The Morgan fingerprint density at radius 3 is 1.74 bits per heavy atom. The number of nitrogens with zero attached hydrogens (tertiary/aromatic N) is 2. The number of para-hydroxylation sites is 4. The van der Waals surface area contributed by atoms with E-state index in [-0.39, 0.29) is 0 Å². The molecule has 0 saturated heterocycles. The second-order valence-corrected chi connectivity index (χ2v) is 15.5. The maximum atomic E-state index is 2.52. The Balaban J connectivity index is 1.23. The summed E-state index contributed by atoms with van der Waals surface area (Å²) in [4.78, 5) is 2.52. The van der Waals surface area contributed by atoms with Gasteiger partial charge in [0, 0.05) is 53.3 Å². The Labute approximate surface area is 335 Å². The lowest BCUT2D eigenvalue weighted by Crippen LogP contribution is -2.13. The number of benzene rings is 9. The van der Waals surface area contributed by atoms with E-state index in [0.29, 0.717) is 0 Å². The van der Waals surface area contributed by atoms with Crippen LogP contribution in [0.4, 0.5) is 17.1 Å². The molecule has 2 heterocycles. The van der Waals surface area contributed by atoms with E-state index in [0.717, 1.165) is 33.8 Å². The zero-order valence-corrected chi connectivity index (χ0v) is 31.9. The van der Waals surface area contributed by atoms with E-state index < -0.39 is 0 Å². The third-order valence-electron chi connectivity index (χ3n) is 11.2. The van der Waals surface area contributed by atoms with Gasteiger partial charge in [-0.05, 0) is 71.3 Å². The maximum absolute atomic E-state index is 2.52. The SMILES string of the molecule is c1ccc(-c2cccc(-c3ccccc3N(c3ccccc3-c3cccc4c3sc3ccccc34)c3cccc4c3c3ccccc3n4-c3ccccc3)c2)cc1. The zero-order valence-electron chi connectivity index (χ0n) is 31.1. The first-order valence-electron chi connectivity index (χ1n) is 19.4. The fourth-order valence-corrected chi connectivity index (χ4v) is 9.93. The average molecular weight is 745 g/mol. The summed E-state index contributed by atoms with van der Waals surface area (Å²) in [6, 6.07) is 79.4. The van der Waals surface area contributed by atoms with Crippen LogP contribution in [0.15, 0.2) is 218 Å². The predicted molar refractivity (Wildman–Crippen MR) is 245 cm³/mol. The number of fused-ring (bicyclic) bond motifs is 6. The van der Waals surface area contributed by atoms with Crippen LogP contribution in [0, 0.1) is 0 Å². The van der Waals surface area contributed by atoms with Crippen molar-refractivity contribution in [3.63, 3.8) is 0 Å². The smallest absolute Gasteiger partial charge is 0.0562 e. The summed E-state index contributed by atoms with van der Waals surface area (Å²) in [7, 11) is 0. The van der Waals surface area contributed by atoms with E-state index in [2.05, 4.69) is 228 Å². The van der Waals surface area contributed by atoms with Crippen molar-refractivity contribution >= 4 is 70.4 Å². The number of rotatable bonds is 7. The van der Waals surface area contributed by atoms with Gasteiger partial charge in [0.05, 0.1) is 28.1 Å². The summed E-state index contributed by atoms with van der Waals surface area (Å²) < 4.78 is 5.01. The maximum Gasteiger partial charge on any atom is 0.0562 e. The molecule has 3 heteroatoms. The Morgan fingerprint density at radius 1 is 0.351 bits per heavy atom. The summed E-state index contributed by atoms with van der Waals surface area (Å²) >= 11 is 1.88. The normalized spacial score (nSPS) is 11.5. The van der Waals surface area contributed by atoms with Crippen LogP contribution in [-0.4, -0.2) is 4.57 Å². The first kappa shape index (κ1) is 33.2. The molecule has 9 aromatic carbocycles. The van der Waals surface area contributed by atoms with E-state index in [4.69, 9.17) is 0 Å². The highest BCUT2D eigenvalue weighted by Crippen LogP contribution is 2.50. The number of thiophene rings is 1. The molecule has 0 amide bonds. The minimum absolute atomic E-state index is 1.11. The van der Waals surface area contributed by atoms with Crippen LogP contribution >= 0.6 is 11.3 Å². The number of hydrogen-bond donors (Lipinski definition) is 0. The van der Waals surface area contributed by atoms with E-state index >= 15 is 0 Å². The summed E-state index contributed by atoms with van der Waals surface area (Å²) in [6.07, 6.45) is 0. The molecule has 0 aliphatic carbocycles. The van der Waals surface area contributed by atoms with Gasteiger partial charge in [0.2, 0.25) is 0 Å². The molecule has 268 valence electrons. The largest absolute Gasteiger partial charge is 0.309 e. The van der Waals surface area contributed by atoms with Crippen molar-refractivity contribution < 1.29 is 0 Å². The molecule has 0 saturated carbocycles. The Bertz CT molecular complexity index is 3250. The quantitative estimate of drug-likeness (QED) is 0.158. The predicted octanol–water partition coefficient (Wildman–Crippen LogP) is 15.6. The van der Waals surface area contributed by atoms with E-state index in [1.54, 1.807) is 0 Å². The number of aromatic nitrogens is 1. The van der Waals surface area contributed by atoms with Gasteiger partial charge in [0.25, 0.3) is 0 Å². The molecule has 0 atom stereocenters. The van der Waals surface area contributed by atoms with Gasteiger partial charge in [-0.1, -0.05) is 164 Å². The monoisotopic (exact) mass is 744 g/mol. The summed E-state index contributed by atoms with van der Waals surface area (Å²) in [5.74, 6) is 0. The minimum Gasteiger partial charge on any atom is -0.309 e. The molecule has 0 radical (unpaired) electrons. The third-order valence-corrected chi connectivity index (χ3v) is 12.4. The zero-order chi connectivity index (χ0) is 37.7. The molecule has 0 bridgehead atoms. The van der Waals surface area contributed by atoms with Crippen molar-refractivity contribution in [2.24, 2.45) is 0 Å². The Hall–Kier alpha value is -7.20. The summed E-state index contributed by atoms with van der Waals surface area (Å²) in [5.41, 5.74) is 14.0. The molecular weight excluding hydrogens is 709 g/mol.